The molecule has 1 aliphatic heterocycles. The fourth-order valence-corrected chi connectivity index (χ4v) is 2.82. The SMILES string of the molecule is CCC1(C)CN(C(=O)c2c[nH]c3cc([N+](=O)[O-])ccc23)C1. The normalized spacial score (nSPS) is 16.8. The van der Waals surface area contributed by atoms with Crippen LogP contribution in [0, 0.1) is 15.5 Å². The van der Waals surface area contributed by atoms with Gasteiger partial charge in [-0.1, -0.05) is 13.8 Å². The molecule has 3 rings (SSSR count). The molecule has 0 saturated carbocycles. The van der Waals surface area contributed by atoms with Crippen molar-refractivity contribution in [2.45, 2.75) is 20.3 Å². The van der Waals surface area contributed by atoms with Crippen molar-refractivity contribution < 1.29 is 9.72 Å². The molecule has 0 atom stereocenters. The lowest BCUT2D eigenvalue weighted by molar-refractivity contribution is -0.384. The molecule has 1 aromatic carbocycles. The summed E-state index contributed by atoms with van der Waals surface area (Å²) in [5.74, 6) is -0.0129. The fraction of sp³-hybridized carbons (Fsp3) is 0.400. The molecule has 0 bridgehead atoms. The van der Waals surface area contributed by atoms with Crippen LogP contribution in [0.15, 0.2) is 24.4 Å². The Labute approximate surface area is 121 Å². The highest BCUT2D eigenvalue weighted by Gasteiger charge is 2.40. The van der Waals surface area contributed by atoms with Gasteiger partial charge in [0.2, 0.25) is 0 Å². The van der Waals surface area contributed by atoms with Crippen LogP contribution in [0.25, 0.3) is 10.9 Å². The Hall–Kier alpha value is -2.37. The van der Waals surface area contributed by atoms with Crippen LogP contribution in [0.5, 0.6) is 0 Å². The number of carbonyl (C=O) groups excluding carboxylic acids is 1. The number of hydrogen-bond acceptors (Lipinski definition) is 3. The third kappa shape index (κ3) is 2.16. The topological polar surface area (TPSA) is 79.2 Å². The molecule has 0 spiro atoms. The number of nitro groups is 1. The number of nitro benzene ring substituents is 1. The highest BCUT2D eigenvalue weighted by atomic mass is 16.6. The molecule has 0 aliphatic carbocycles. The minimum atomic E-state index is -0.441. The highest BCUT2D eigenvalue weighted by Crippen LogP contribution is 2.35. The number of non-ortho nitro benzene ring substituents is 1. The van der Waals surface area contributed by atoms with E-state index < -0.39 is 4.92 Å². The van der Waals surface area contributed by atoms with Crippen LogP contribution in [0.3, 0.4) is 0 Å². The minimum absolute atomic E-state index is 0.0129. The van der Waals surface area contributed by atoms with Gasteiger partial charge in [-0.05, 0) is 12.5 Å². The number of aromatic nitrogens is 1. The summed E-state index contributed by atoms with van der Waals surface area (Å²) in [6.45, 7) is 5.84. The first-order chi connectivity index (χ1) is 9.93. The van der Waals surface area contributed by atoms with Crippen LogP contribution in [-0.2, 0) is 0 Å². The molecule has 0 radical (unpaired) electrons. The molecule has 1 saturated heterocycles. The van der Waals surface area contributed by atoms with Crippen LogP contribution in [0.2, 0.25) is 0 Å². The van der Waals surface area contributed by atoms with E-state index in [1.807, 2.05) is 4.90 Å². The Kier molecular flexibility index (Phi) is 2.97. The van der Waals surface area contributed by atoms with Crippen LogP contribution in [0.4, 0.5) is 5.69 Å². The molecule has 110 valence electrons. The van der Waals surface area contributed by atoms with Crippen molar-refractivity contribution in [1.29, 1.82) is 0 Å². The van der Waals surface area contributed by atoms with Crippen LogP contribution in [-0.4, -0.2) is 33.8 Å². The Morgan fingerprint density at radius 2 is 2.19 bits per heavy atom. The Balaban J connectivity index is 1.88. The summed E-state index contributed by atoms with van der Waals surface area (Å²) in [5, 5.41) is 11.5. The highest BCUT2D eigenvalue weighted by molar-refractivity contribution is 6.07. The predicted molar refractivity (Wildman–Crippen MR) is 79.3 cm³/mol. The van der Waals surface area contributed by atoms with Crippen molar-refractivity contribution in [1.82, 2.24) is 9.88 Å². The van der Waals surface area contributed by atoms with E-state index in [0.29, 0.717) is 11.1 Å². The number of nitrogens with one attached hydrogen (secondary N) is 1. The molecule has 0 unspecified atom stereocenters. The van der Waals surface area contributed by atoms with Crippen molar-refractivity contribution in [3.63, 3.8) is 0 Å². The number of benzene rings is 1. The molecule has 1 fully saturated rings. The maximum absolute atomic E-state index is 12.5. The first-order valence-corrected chi connectivity index (χ1v) is 6.98. The third-order valence-electron chi connectivity index (χ3n) is 4.39. The summed E-state index contributed by atoms with van der Waals surface area (Å²) in [5.41, 5.74) is 1.44. The summed E-state index contributed by atoms with van der Waals surface area (Å²) in [6, 6.07) is 4.52. The minimum Gasteiger partial charge on any atom is -0.360 e. The lowest BCUT2D eigenvalue weighted by Gasteiger charge is -2.47. The van der Waals surface area contributed by atoms with Crippen LogP contribution in [0.1, 0.15) is 30.6 Å². The number of likely N-dealkylation sites (tertiary alicyclic amines) is 1. The van der Waals surface area contributed by atoms with Gasteiger partial charge in [0.1, 0.15) is 0 Å². The van der Waals surface area contributed by atoms with Crippen molar-refractivity contribution in [3.8, 4) is 0 Å². The molecule has 2 aromatic rings. The van der Waals surface area contributed by atoms with E-state index in [4.69, 9.17) is 0 Å². The van der Waals surface area contributed by atoms with Gasteiger partial charge in [-0.3, -0.25) is 14.9 Å². The third-order valence-corrected chi connectivity index (χ3v) is 4.39. The maximum Gasteiger partial charge on any atom is 0.271 e. The summed E-state index contributed by atoms with van der Waals surface area (Å²) in [4.78, 5) is 27.6. The average molecular weight is 287 g/mol. The standard InChI is InChI=1S/C15H17N3O3/c1-3-15(2)8-17(9-15)14(19)12-7-16-13-6-10(18(20)21)4-5-11(12)13/h4-7,16H,3,8-9H2,1-2H3. The number of amides is 1. The van der Waals surface area contributed by atoms with E-state index in [2.05, 4.69) is 18.8 Å². The molecule has 1 aromatic heterocycles. The van der Waals surface area contributed by atoms with Crippen LogP contribution >= 0.6 is 0 Å². The fourth-order valence-electron chi connectivity index (χ4n) is 2.82. The molecule has 2 heterocycles. The molecule has 6 nitrogen and oxygen atoms in total. The van der Waals surface area contributed by atoms with Gasteiger partial charge in [-0.25, -0.2) is 0 Å². The number of aromatic amines is 1. The zero-order valence-corrected chi connectivity index (χ0v) is 12.0. The van der Waals surface area contributed by atoms with Gasteiger partial charge in [-0.2, -0.15) is 0 Å². The Bertz CT molecular complexity index is 729. The van der Waals surface area contributed by atoms with Gasteiger partial charge >= 0.3 is 0 Å². The summed E-state index contributed by atoms with van der Waals surface area (Å²) < 4.78 is 0. The van der Waals surface area contributed by atoms with Gasteiger partial charge in [0, 0.05) is 42.2 Å². The second-order valence-electron chi connectivity index (χ2n) is 6.01. The van der Waals surface area contributed by atoms with Crippen molar-refractivity contribution in [2.24, 2.45) is 5.41 Å². The molecular weight excluding hydrogens is 270 g/mol. The molecule has 21 heavy (non-hydrogen) atoms. The zero-order chi connectivity index (χ0) is 15.2. The Morgan fingerprint density at radius 1 is 1.48 bits per heavy atom. The lowest BCUT2D eigenvalue weighted by atomic mass is 9.79. The van der Waals surface area contributed by atoms with Crippen molar-refractivity contribution >= 4 is 22.5 Å². The second-order valence-corrected chi connectivity index (χ2v) is 6.01. The van der Waals surface area contributed by atoms with Gasteiger partial charge in [-0.15, -0.1) is 0 Å². The number of carbonyl (C=O) groups is 1. The van der Waals surface area contributed by atoms with Gasteiger partial charge in [0.05, 0.1) is 16.0 Å². The number of fused-ring (bicyclic) bond motifs is 1. The van der Waals surface area contributed by atoms with Crippen molar-refractivity contribution in [2.75, 3.05) is 13.1 Å². The molecule has 1 aliphatic rings. The smallest absolute Gasteiger partial charge is 0.271 e. The van der Waals surface area contributed by atoms with Crippen molar-refractivity contribution in [3.05, 3.63) is 40.1 Å². The molecular formula is C15H17N3O3. The van der Waals surface area contributed by atoms with Gasteiger partial charge in [0.25, 0.3) is 11.6 Å². The van der Waals surface area contributed by atoms with E-state index in [1.165, 1.54) is 12.1 Å². The average Bonchev–Trinajstić information content (AvgIpc) is 2.86. The predicted octanol–water partition coefficient (Wildman–Crippen LogP) is 2.95. The van der Waals surface area contributed by atoms with E-state index in [1.54, 1.807) is 12.3 Å². The monoisotopic (exact) mass is 287 g/mol. The Morgan fingerprint density at radius 3 is 2.81 bits per heavy atom. The van der Waals surface area contributed by atoms with Gasteiger partial charge in [0.15, 0.2) is 0 Å². The van der Waals surface area contributed by atoms with E-state index in [9.17, 15) is 14.9 Å². The number of hydrogen-bond donors (Lipinski definition) is 1. The van der Waals surface area contributed by atoms with Gasteiger partial charge < -0.3 is 9.88 Å². The number of H-pyrrole nitrogens is 1. The zero-order valence-electron chi connectivity index (χ0n) is 12.0. The largest absolute Gasteiger partial charge is 0.360 e. The van der Waals surface area contributed by atoms with E-state index >= 15 is 0 Å². The summed E-state index contributed by atoms with van der Waals surface area (Å²) in [6.07, 6.45) is 2.69. The summed E-state index contributed by atoms with van der Waals surface area (Å²) in [7, 11) is 0. The second kappa shape index (κ2) is 4.58. The maximum atomic E-state index is 12.5. The van der Waals surface area contributed by atoms with E-state index in [-0.39, 0.29) is 17.0 Å². The molecule has 6 heteroatoms. The van der Waals surface area contributed by atoms with E-state index in [0.717, 1.165) is 24.9 Å². The van der Waals surface area contributed by atoms with Crippen LogP contribution < -0.4 is 0 Å². The quantitative estimate of drug-likeness (QED) is 0.696. The summed E-state index contributed by atoms with van der Waals surface area (Å²) >= 11 is 0. The molecule has 1 N–H and O–H groups in total. The number of rotatable bonds is 3. The first-order valence-electron chi connectivity index (χ1n) is 6.98. The molecule has 1 amide bonds. The first kappa shape index (κ1) is 13.6. The lowest BCUT2D eigenvalue weighted by Crippen LogP contribution is -2.56. The number of nitrogens with zero attached hydrogens (tertiary/aromatic N) is 2.